The molecule has 2 rings (SSSR count). The quantitative estimate of drug-likeness (QED) is 0.508. The summed E-state index contributed by atoms with van der Waals surface area (Å²) in [5, 5.41) is 2.54. The van der Waals surface area contributed by atoms with Crippen LogP contribution in [0.1, 0.15) is 13.8 Å². The summed E-state index contributed by atoms with van der Waals surface area (Å²) >= 11 is 3.03. The van der Waals surface area contributed by atoms with Gasteiger partial charge in [-0.1, -0.05) is 6.07 Å². The molecule has 0 spiro atoms. The van der Waals surface area contributed by atoms with Gasteiger partial charge in [0, 0.05) is 20.0 Å². The molecule has 106 valence electrons. The molecule has 0 saturated carbocycles. The van der Waals surface area contributed by atoms with E-state index >= 15 is 0 Å². The zero-order valence-electron chi connectivity index (χ0n) is 10.7. The van der Waals surface area contributed by atoms with Crippen molar-refractivity contribution in [3.63, 3.8) is 0 Å². The van der Waals surface area contributed by atoms with Crippen molar-refractivity contribution >= 4 is 33.6 Å². The third-order valence-electron chi connectivity index (χ3n) is 2.44. The van der Waals surface area contributed by atoms with Crippen molar-refractivity contribution in [3.8, 4) is 0 Å². The van der Waals surface area contributed by atoms with Gasteiger partial charge in [-0.25, -0.2) is 14.0 Å². The van der Waals surface area contributed by atoms with Gasteiger partial charge in [0.05, 0.1) is 10.2 Å². The second-order valence-electron chi connectivity index (χ2n) is 4.48. The highest BCUT2D eigenvalue weighted by atomic mass is 79.9. The first-order valence-electron chi connectivity index (χ1n) is 5.67. The van der Waals surface area contributed by atoms with E-state index in [9.17, 15) is 14.0 Å². The number of ether oxygens (including phenoxy) is 2. The van der Waals surface area contributed by atoms with Gasteiger partial charge in [0.1, 0.15) is 0 Å². The van der Waals surface area contributed by atoms with Crippen molar-refractivity contribution in [3.05, 3.63) is 40.3 Å². The minimum atomic E-state index is -1.30. The molecule has 5 nitrogen and oxygen atoms in total. The molecule has 1 saturated heterocycles. The van der Waals surface area contributed by atoms with Gasteiger partial charge in [0.2, 0.25) is 0 Å². The maximum atomic E-state index is 13.7. The van der Waals surface area contributed by atoms with Crippen molar-refractivity contribution in [1.29, 1.82) is 0 Å². The summed E-state index contributed by atoms with van der Waals surface area (Å²) in [5.41, 5.74) is -0.221. The molecule has 0 aliphatic carbocycles. The summed E-state index contributed by atoms with van der Waals surface area (Å²) in [6, 6.07) is 4.59. The number of hydrogen-bond acceptors (Lipinski definition) is 5. The lowest BCUT2D eigenvalue weighted by atomic mass is 10.2. The van der Waals surface area contributed by atoms with E-state index in [0.717, 1.165) is 6.20 Å². The Morgan fingerprint density at radius 2 is 1.85 bits per heavy atom. The molecule has 0 amide bonds. The van der Waals surface area contributed by atoms with Crippen LogP contribution < -0.4 is 5.32 Å². The van der Waals surface area contributed by atoms with E-state index < -0.39 is 23.5 Å². The number of nitrogens with one attached hydrogen (secondary N) is 1. The molecule has 1 fully saturated rings. The molecule has 0 bridgehead atoms. The van der Waals surface area contributed by atoms with Crippen LogP contribution in [0.4, 0.5) is 10.1 Å². The molecule has 0 unspecified atom stereocenters. The Labute approximate surface area is 122 Å². The first-order chi connectivity index (χ1) is 9.30. The van der Waals surface area contributed by atoms with Gasteiger partial charge in [-0.15, -0.1) is 0 Å². The number of carbonyl (C=O) groups is 2. The Balaban J connectivity index is 2.22. The molecule has 1 aliphatic rings. The Morgan fingerprint density at radius 3 is 2.45 bits per heavy atom. The Morgan fingerprint density at radius 1 is 1.25 bits per heavy atom. The highest BCUT2D eigenvalue weighted by Crippen LogP contribution is 2.25. The maximum Gasteiger partial charge on any atom is 0.350 e. The Hall–Kier alpha value is -1.89. The summed E-state index contributed by atoms with van der Waals surface area (Å²) in [6.45, 7) is 2.89. The number of hydrogen-bond donors (Lipinski definition) is 1. The number of esters is 2. The second-order valence-corrected chi connectivity index (χ2v) is 5.34. The van der Waals surface area contributed by atoms with Crippen molar-refractivity contribution in [2.45, 2.75) is 19.6 Å². The van der Waals surface area contributed by atoms with E-state index in [-0.39, 0.29) is 15.7 Å². The van der Waals surface area contributed by atoms with Gasteiger partial charge < -0.3 is 14.8 Å². The summed E-state index contributed by atoms with van der Waals surface area (Å²) in [6.07, 6.45) is 1.06. The summed E-state index contributed by atoms with van der Waals surface area (Å²) in [4.78, 5) is 23.3. The first kappa shape index (κ1) is 14.5. The van der Waals surface area contributed by atoms with Gasteiger partial charge in [-0.3, -0.25) is 0 Å². The lowest BCUT2D eigenvalue weighted by molar-refractivity contribution is -0.222. The molecule has 1 N–H and O–H groups in total. The standard InChI is InChI=1S/C13H11BrFNO4/c1-13(2)19-11(17)7(12(18)20-13)6-16-9-5-3-4-8(14)10(9)15/h3-6,16H,1-2H3. The topological polar surface area (TPSA) is 64.6 Å². The van der Waals surface area contributed by atoms with Crippen molar-refractivity contribution < 1.29 is 23.5 Å². The molecule has 1 aliphatic heterocycles. The van der Waals surface area contributed by atoms with Gasteiger partial charge in [0.15, 0.2) is 11.4 Å². The highest BCUT2D eigenvalue weighted by Gasteiger charge is 2.38. The minimum Gasteiger partial charge on any atom is -0.419 e. The lowest BCUT2D eigenvalue weighted by Crippen LogP contribution is -2.42. The third-order valence-corrected chi connectivity index (χ3v) is 3.05. The van der Waals surface area contributed by atoms with E-state index in [1.165, 1.54) is 26.0 Å². The Bertz CT molecular complexity index is 590. The molecule has 7 heteroatoms. The summed E-state index contributed by atoms with van der Waals surface area (Å²) < 4.78 is 23.8. The molecule has 1 aromatic carbocycles. The average Bonchev–Trinajstić information content (AvgIpc) is 2.31. The van der Waals surface area contributed by atoms with Crippen molar-refractivity contribution in [1.82, 2.24) is 0 Å². The molecule has 0 aromatic heterocycles. The number of carbonyl (C=O) groups excluding carboxylic acids is 2. The average molecular weight is 344 g/mol. The van der Waals surface area contributed by atoms with Crippen LogP contribution in [0.3, 0.4) is 0 Å². The second kappa shape index (κ2) is 5.24. The van der Waals surface area contributed by atoms with Crippen molar-refractivity contribution in [2.24, 2.45) is 0 Å². The third kappa shape index (κ3) is 2.98. The van der Waals surface area contributed by atoms with Crippen LogP contribution in [-0.4, -0.2) is 17.7 Å². The van der Waals surface area contributed by atoms with Crippen LogP contribution in [-0.2, 0) is 19.1 Å². The molecule has 0 radical (unpaired) electrons. The van der Waals surface area contributed by atoms with E-state index in [2.05, 4.69) is 21.2 Å². The van der Waals surface area contributed by atoms with Crippen molar-refractivity contribution in [2.75, 3.05) is 5.32 Å². The SMILES string of the molecule is CC1(C)OC(=O)C(=CNc2cccc(Br)c2F)C(=O)O1. The molecule has 20 heavy (non-hydrogen) atoms. The number of halogens is 2. The number of anilines is 1. The molecular weight excluding hydrogens is 333 g/mol. The van der Waals surface area contributed by atoms with E-state index in [0.29, 0.717) is 0 Å². The maximum absolute atomic E-state index is 13.7. The van der Waals surface area contributed by atoms with E-state index in [1.54, 1.807) is 6.07 Å². The zero-order valence-corrected chi connectivity index (χ0v) is 12.3. The fraction of sp³-hybridized carbons (Fsp3) is 0.231. The zero-order chi connectivity index (χ0) is 14.9. The number of benzene rings is 1. The predicted molar refractivity (Wildman–Crippen MR) is 72.1 cm³/mol. The van der Waals surface area contributed by atoms with Gasteiger partial charge in [-0.2, -0.15) is 0 Å². The first-order valence-corrected chi connectivity index (χ1v) is 6.47. The van der Waals surface area contributed by atoms with Crippen LogP contribution in [0.2, 0.25) is 0 Å². The van der Waals surface area contributed by atoms with Crippen LogP contribution in [0, 0.1) is 5.82 Å². The van der Waals surface area contributed by atoms with Crippen LogP contribution in [0.15, 0.2) is 34.4 Å². The molecule has 1 aromatic rings. The van der Waals surface area contributed by atoms with Gasteiger partial charge in [-0.05, 0) is 28.1 Å². The van der Waals surface area contributed by atoms with E-state index in [1.807, 2.05) is 0 Å². The largest absolute Gasteiger partial charge is 0.419 e. The number of rotatable bonds is 2. The number of cyclic esters (lactones) is 2. The smallest absolute Gasteiger partial charge is 0.350 e. The lowest BCUT2D eigenvalue weighted by Gasteiger charge is -2.29. The summed E-state index contributed by atoms with van der Waals surface area (Å²) in [7, 11) is 0. The predicted octanol–water partition coefficient (Wildman–Crippen LogP) is 2.72. The Kier molecular flexibility index (Phi) is 3.80. The van der Waals surface area contributed by atoms with Gasteiger partial charge >= 0.3 is 11.9 Å². The monoisotopic (exact) mass is 343 g/mol. The molecule has 0 atom stereocenters. The highest BCUT2D eigenvalue weighted by molar-refractivity contribution is 9.10. The fourth-order valence-electron chi connectivity index (χ4n) is 1.54. The summed E-state index contributed by atoms with van der Waals surface area (Å²) in [5.74, 6) is -3.49. The fourth-order valence-corrected chi connectivity index (χ4v) is 1.91. The van der Waals surface area contributed by atoms with Crippen LogP contribution in [0.25, 0.3) is 0 Å². The molecular formula is C13H11BrFNO4. The minimum absolute atomic E-state index is 0.109. The molecule has 1 heterocycles. The van der Waals surface area contributed by atoms with Crippen LogP contribution in [0.5, 0.6) is 0 Å². The van der Waals surface area contributed by atoms with Crippen LogP contribution >= 0.6 is 15.9 Å². The van der Waals surface area contributed by atoms with E-state index in [4.69, 9.17) is 9.47 Å². The van der Waals surface area contributed by atoms with Gasteiger partial charge in [0.25, 0.3) is 5.79 Å². The normalized spacial score (nSPS) is 17.3.